The summed E-state index contributed by atoms with van der Waals surface area (Å²) in [4.78, 5) is 10.2. The molecule has 0 saturated heterocycles. The molecule has 0 aliphatic heterocycles. The Morgan fingerprint density at radius 3 is 2.80 bits per heavy atom. The number of primary amides is 1. The Morgan fingerprint density at radius 2 is 2.30 bits per heavy atom. The van der Waals surface area contributed by atoms with Gasteiger partial charge in [0.05, 0.1) is 0 Å². The van der Waals surface area contributed by atoms with Crippen LogP contribution in [0, 0.1) is 0 Å². The third kappa shape index (κ3) is 6.94. The van der Waals surface area contributed by atoms with E-state index >= 15 is 0 Å². The van der Waals surface area contributed by atoms with Crippen LogP contribution in [0.25, 0.3) is 0 Å². The predicted molar refractivity (Wildman–Crippen MR) is 37.9 cm³/mol. The number of unbranched alkanes of at least 4 members (excludes halogenated alkanes) is 2. The van der Waals surface area contributed by atoms with Gasteiger partial charge in [0.1, 0.15) is 0 Å². The molecule has 0 aromatic heterocycles. The summed E-state index contributed by atoms with van der Waals surface area (Å²) >= 11 is 0. The Labute approximate surface area is 59.7 Å². The Balaban J connectivity index is 2.98. The molecular weight excluding hydrogens is 132 g/mol. The average molecular weight is 144 g/mol. The van der Waals surface area contributed by atoms with Crippen LogP contribution in [-0.4, -0.2) is 17.3 Å². The summed E-state index contributed by atoms with van der Waals surface area (Å²) in [6.07, 6.45) is 4.12. The number of carbonyl (C=O) groups is 1. The van der Waals surface area contributed by atoms with Crippen molar-refractivity contribution < 1.29 is 10.0 Å². The molecule has 0 heterocycles. The number of hydrogen-bond acceptors (Lipinski definition) is 3. The van der Waals surface area contributed by atoms with Gasteiger partial charge in [-0.05, 0) is 19.3 Å². The van der Waals surface area contributed by atoms with Crippen molar-refractivity contribution in [3.63, 3.8) is 0 Å². The molecule has 0 atom stereocenters. The van der Waals surface area contributed by atoms with Crippen LogP contribution in [0.2, 0.25) is 0 Å². The lowest BCUT2D eigenvalue weighted by Crippen LogP contribution is -2.09. The topological polar surface area (TPSA) is 75.7 Å². The molecule has 0 aromatic carbocycles. The second kappa shape index (κ2) is 6.07. The minimum Gasteiger partial charge on any atom is -0.411 e. The van der Waals surface area contributed by atoms with E-state index in [-0.39, 0.29) is 5.91 Å². The van der Waals surface area contributed by atoms with Gasteiger partial charge in [0, 0.05) is 12.6 Å². The molecule has 0 unspecified atom stereocenters. The van der Waals surface area contributed by atoms with Crippen molar-refractivity contribution in [1.29, 1.82) is 0 Å². The fourth-order valence-electron chi connectivity index (χ4n) is 0.593. The zero-order chi connectivity index (χ0) is 7.82. The van der Waals surface area contributed by atoms with Crippen LogP contribution >= 0.6 is 0 Å². The first-order valence-electron chi connectivity index (χ1n) is 3.21. The van der Waals surface area contributed by atoms with Gasteiger partial charge in [-0.3, -0.25) is 4.79 Å². The normalized spacial score (nSPS) is 10.4. The maximum Gasteiger partial charge on any atom is 0.217 e. The van der Waals surface area contributed by atoms with Gasteiger partial charge in [-0.1, -0.05) is 0 Å². The highest BCUT2D eigenvalue weighted by Crippen LogP contribution is 1.96. The minimum atomic E-state index is -0.277. The standard InChI is InChI=1S/C6H12N2O2/c7-6(9)4-2-1-3-5-8-10/h5,10H,1-4H2,(H2,7,9)/b8-5+. The molecular formula is C6H12N2O2. The first-order valence-corrected chi connectivity index (χ1v) is 3.21. The molecule has 0 radical (unpaired) electrons. The number of rotatable bonds is 5. The van der Waals surface area contributed by atoms with E-state index in [1.807, 2.05) is 0 Å². The van der Waals surface area contributed by atoms with Crippen molar-refractivity contribution in [2.45, 2.75) is 25.7 Å². The van der Waals surface area contributed by atoms with Crippen LogP contribution in [0.1, 0.15) is 25.7 Å². The van der Waals surface area contributed by atoms with Crippen LogP contribution < -0.4 is 5.73 Å². The van der Waals surface area contributed by atoms with Gasteiger partial charge in [-0.15, -0.1) is 5.16 Å². The number of nitrogens with zero attached hydrogens (tertiary/aromatic N) is 1. The van der Waals surface area contributed by atoms with E-state index in [0.717, 1.165) is 12.8 Å². The molecule has 1 amide bonds. The lowest BCUT2D eigenvalue weighted by atomic mass is 10.2. The zero-order valence-corrected chi connectivity index (χ0v) is 5.79. The average Bonchev–Trinajstić information content (AvgIpc) is 1.87. The summed E-state index contributed by atoms with van der Waals surface area (Å²) in [5, 5.41) is 10.8. The van der Waals surface area contributed by atoms with Crippen LogP contribution in [0.4, 0.5) is 0 Å². The molecule has 0 saturated carbocycles. The van der Waals surface area contributed by atoms with Crippen LogP contribution in [0.15, 0.2) is 5.16 Å². The highest BCUT2D eigenvalue weighted by atomic mass is 16.4. The highest BCUT2D eigenvalue weighted by molar-refractivity contribution is 5.73. The van der Waals surface area contributed by atoms with Crippen molar-refractivity contribution in [1.82, 2.24) is 0 Å². The fourth-order valence-corrected chi connectivity index (χ4v) is 0.593. The Kier molecular flexibility index (Phi) is 5.42. The summed E-state index contributed by atoms with van der Waals surface area (Å²) in [6, 6.07) is 0. The van der Waals surface area contributed by atoms with E-state index in [0.29, 0.717) is 12.8 Å². The lowest BCUT2D eigenvalue weighted by Gasteiger charge is -1.91. The van der Waals surface area contributed by atoms with Crippen molar-refractivity contribution >= 4 is 12.1 Å². The number of oxime groups is 1. The summed E-state index contributed by atoms with van der Waals surface area (Å²) in [5.41, 5.74) is 4.89. The summed E-state index contributed by atoms with van der Waals surface area (Å²) in [6.45, 7) is 0. The van der Waals surface area contributed by atoms with E-state index in [1.54, 1.807) is 0 Å². The van der Waals surface area contributed by atoms with E-state index in [9.17, 15) is 4.79 Å². The van der Waals surface area contributed by atoms with Gasteiger partial charge in [-0.2, -0.15) is 0 Å². The number of nitrogens with two attached hydrogens (primary N) is 1. The highest BCUT2D eigenvalue weighted by Gasteiger charge is 1.91. The smallest absolute Gasteiger partial charge is 0.217 e. The number of amides is 1. The fraction of sp³-hybridized carbons (Fsp3) is 0.667. The van der Waals surface area contributed by atoms with E-state index in [1.165, 1.54) is 6.21 Å². The van der Waals surface area contributed by atoms with E-state index < -0.39 is 0 Å². The van der Waals surface area contributed by atoms with Gasteiger partial charge in [0.15, 0.2) is 0 Å². The second-order valence-corrected chi connectivity index (χ2v) is 2.01. The molecule has 58 valence electrons. The molecule has 0 rings (SSSR count). The minimum absolute atomic E-state index is 0.277. The third-order valence-electron chi connectivity index (χ3n) is 1.09. The van der Waals surface area contributed by atoms with Gasteiger partial charge in [0.2, 0.25) is 5.91 Å². The van der Waals surface area contributed by atoms with Crippen molar-refractivity contribution in [3.8, 4) is 0 Å². The second-order valence-electron chi connectivity index (χ2n) is 2.01. The summed E-state index contributed by atoms with van der Waals surface area (Å²) in [7, 11) is 0. The Morgan fingerprint density at radius 1 is 1.60 bits per heavy atom. The van der Waals surface area contributed by atoms with Crippen LogP contribution in [0.5, 0.6) is 0 Å². The van der Waals surface area contributed by atoms with Crippen molar-refractivity contribution in [2.24, 2.45) is 10.9 Å². The quantitative estimate of drug-likeness (QED) is 0.255. The van der Waals surface area contributed by atoms with Crippen molar-refractivity contribution in [3.05, 3.63) is 0 Å². The van der Waals surface area contributed by atoms with Gasteiger partial charge >= 0.3 is 0 Å². The number of hydrogen-bond donors (Lipinski definition) is 2. The largest absolute Gasteiger partial charge is 0.411 e. The molecule has 4 nitrogen and oxygen atoms in total. The summed E-state index contributed by atoms with van der Waals surface area (Å²) in [5.74, 6) is -0.277. The van der Waals surface area contributed by atoms with E-state index in [2.05, 4.69) is 5.16 Å². The number of carbonyl (C=O) groups excluding carboxylic acids is 1. The first-order chi connectivity index (χ1) is 4.77. The van der Waals surface area contributed by atoms with Gasteiger partial charge in [0.25, 0.3) is 0 Å². The maximum absolute atomic E-state index is 10.2. The lowest BCUT2D eigenvalue weighted by molar-refractivity contribution is -0.118. The molecule has 0 fully saturated rings. The maximum atomic E-state index is 10.2. The SMILES string of the molecule is NC(=O)CCCC/C=N/O. The molecule has 0 aromatic rings. The molecule has 10 heavy (non-hydrogen) atoms. The first kappa shape index (κ1) is 8.94. The van der Waals surface area contributed by atoms with Gasteiger partial charge in [-0.25, -0.2) is 0 Å². The predicted octanol–water partition coefficient (Wildman–Crippen LogP) is 0.492. The molecule has 4 heteroatoms. The van der Waals surface area contributed by atoms with Crippen LogP contribution in [-0.2, 0) is 4.79 Å². The molecule has 0 aliphatic carbocycles. The summed E-state index contributed by atoms with van der Waals surface area (Å²) < 4.78 is 0. The molecule has 0 bridgehead atoms. The van der Waals surface area contributed by atoms with Crippen molar-refractivity contribution in [2.75, 3.05) is 0 Å². The van der Waals surface area contributed by atoms with Gasteiger partial charge < -0.3 is 10.9 Å². The third-order valence-corrected chi connectivity index (χ3v) is 1.09. The molecule has 3 N–H and O–H groups in total. The molecule has 0 aliphatic rings. The Bertz CT molecular complexity index is 123. The molecule has 0 spiro atoms. The van der Waals surface area contributed by atoms with E-state index in [4.69, 9.17) is 10.9 Å². The van der Waals surface area contributed by atoms with Crippen LogP contribution in [0.3, 0.4) is 0 Å². The zero-order valence-electron chi connectivity index (χ0n) is 5.79. The Hall–Kier alpha value is -1.06. The monoisotopic (exact) mass is 144 g/mol.